The van der Waals surface area contributed by atoms with E-state index in [1.165, 1.54) is 12.2 Å². The van der Waals surface area contributed by atoms with Crippen molar-refractivity contribution in [2.45, 2.75) is 25.1 Å². The molecule has 0 spiro atoms. The Morgan fingerprint density at radius 1 is 1.55 bits per heavy atom. The first-order valence-corrected chi connectivity index (χ1v) is 9.21. The van der Waals surface area contributed by atoms with Crippen LogP contribution in [0.5, 0.6) is 0 Å². The average molecular weight is 451 g/mol. The molecule has 1 aliphatic rings. The number of thioether (sulfide) groups is 1. The second-order valence-corrected chi connectivity index (χ2v) is 7.35. The third-order valence-corrected chi connectivity index (χ3v) is 5.82. The van der Waals surface area contributed by atoms with Crippen molar-refractivity contribution in [1.29, 1.82) is 0 Å². The van der Waals surface area contributed by atoms with Gasteiger partial charge >= 0.3 is 0 Å². The van der Waals surface area contributed by atoms with Crippen LogP contribution in [0.1, 0.15) is 19.0 Å². The van der Waals surface area contributed by atoms with Gasteiger partial charge in [-0.15, -0.1) is 35.3 Å². The van der Waals surface area contributed by atoms with Crippen molar-refractivity contribution in [3.8, 4) is 0 Å². The van der Waals surface area contributed by atoms with Gasteiger partial charge in [-0.3, -0.25) is 9.39 Å². The van der Waals surface area contributed by atoms with E-state index >= 15 is 0 Å². The molecule has 0 amide bonds. The van der Waals surface area contributed by atoms with Gasteiger partial charge in [0, 0.05) is 48.9 Å². The molecule has 0 saturated carbocycles. The van der Waals surface area contributed by atoms with Crippen molar-refractivity contribution in [2.75, 3.05) is 25.9 Å². The molecule has 3 rings (SSSR count). The van der Waals surface area contributed by atoms with Crippen LogP contribution < -0.4 is 5.32 Å². The van der Waals surface area contributed by atoms with Crippen molar-refractivity contribution >= 4 is 58.0 Å². The lowest BCUT2D eigenvalue weighted by atomic mass is 10.3. The van der Waals surface area contributed by atoms with Crippen LogP contribution in [0.2, 0.25) is 0 Å². The molecular formula is C14H22IN5S2. The third kappa shape index (κ3) is 4.08. The first-order valence-electron chi connectivity index (χ1n) is 7.28. The highest BCUT2D eigenvalue weighted by atomic mass is 127. The molecular weight excluding hydrogens is 429 g/mol. The van der Waals surface area contributed by atoms with Crippen LogP contribution in [0.15, 0.2) is 22.8 Å². The van der Waals surface area contributed by atoms with Crippen molar-refractivity contribution in [3.05, 3.63) is 23.5 Å². The van der Waals surface area contributed by atoms with Gasteiger partial charge in [-0.1, -0.05) is 6.92 Å². The lowest BCUT2D eigenvalue weighted by molar-refractivity contribution is 0.408. The second-order valence-electron chi connectivity index (χ2n) is 5.07. The summed E-state index contributed by atoms with van der Waals surface area (Å²) in [5.74, 6) is 2.17. The number of aromatic nitrogens is 2. The van der Waals surface area contributed by atoms with Gasteiger partial charge in [0.2, 0.25) is 0 Å². The fourth-order valence-electron chi connectivity index (χ4n) is 2.52. The van der Waals surface area contributed by atoms with Gasteiger partial charge in [0.05, 0.1) is 12.2 Å². The number of hydrogen-bond donors (Lipinski definition) is 1. The maximum atomic E-state index is 4.60. The number of hydrogen-bond acceptors (Lipinski definition) is 4. The maximum absolute atomic E-state index is 4.60. The van der Waals surface area contributed by atoms with E-state index in [0.717, 1.165) is 41.5 Å². The Labute approximate surface area is 156 Å². The lowest BCUT2D eigenvalue weighted by Crippen LogP contribution is -2.47. The van der Waals surface area contributed by atoms with E-state index in [2.05, 4.69) is 54.9 Å². The van der Waals surface area contributed by atoms with Gasteiger partial charge < -0.3 is 10.2 Å². The van der Waals surface area contributed by atoms with Crippen LogP contribution >= 0.6 is 47.1 Å². The van der Waals surface area contributed by atoms with E-state index in [4.69, 9.17) is 0 Å². The molecule has 2 aromatic rings. The molecule has 1 aliphatic heterocycles. The summed E-state index contributed by atoms with van der Waals surface area (Å²) < 4.78 is 2.06. The molecule has 1 atom stereocenters. The van der Waals surface area contributed by atoms with E-state index in [1.807, 2.05) is 13.2 Å². The zero-order chi connectivity index (χ0) is 14.7. The molecule has 3 heterocycles. The molecule has 22 heavy (non-hydrogen) atoms. The van der Waals surface area contributed by atoms with Crippen molar-refractivity contribution in [2.24, 2.45) is 4.99 Å². The quantitative estimate of drug-likeness (QED) is 0.443. The normalized spacial score (nSPS) is 19.3. The zero-order valence-electron chi connectivity index (χ0n) is 12.9. The van der Waals surface area contributed by atoms with Crippen molar-refractivity contribution < 1.29 is 0 Å². The van der Waals surface area contributed by atoms with Crippen LogP contribution in [0, 0.1) is 0 Å². The first kappa shape index (κ1) is 17.9. The summed E-state index contributed by atoms with van der Waals surface area (Å²) in [5, 5.41) is 6.21. The minimum atomic E-state index is 0. The predicted octanol–water partition coefficient (Wildman–Crippen LogP) is 2.92. The van der Waals surface area contributed by atoms with Gasteiger partial charge in [0.25, 0.3) is 0 Å². The first-order chi connectivity index (χ1) is 10.3. The van der Waals surface area contributed by atoms with E-state index < -0.39 is 0 Å². The second kappa shape index (κ2) is 8.39. The molecule has 8 heteroatoms. The van der Waals surface area contributed by atoms with E-state index in [1.54, 1.807) is 11.3 Å². The molecule has 0 radical (unpaired) electrons. The summed E-state index contributed by atoms with van der Waals surface area (Å²) in [4.78, 5) is 12.4. The summed E-state index contributed by atoms with van der Waals surface area (Å²) in [6.45, 7) is 5.13. The SMILES string of the molecule is CCC1CN(C(=NC)NCc2cn3ccsc3n2)CCS1.I. The molecule has 2 aromatic heterocycles. The molecule has 1 N–H and O–H groups in total. The largest absolute Gasteiger partial charge is 0.351 e. The van der Waals surface area contributed by atoms with E-state index in [0.29, 0.717) is 0 Å². The summed E-state index contributed by atoms with van der Waals surface area (Å²) >= 11 is 3.73. The zero-order valence-corrected chi connectivity index (χ0v) is 16.8. The number of nitrogens with zero attached hydrogens (tertiary/aromatic N) is 4. The highest BCUT2D eigenvalue weighted by Crippen LogP contribution is 2.21. The van der Waals surface area contributed by atoms with Gasteiger partial charge in [-0.2, -0.15) is 11.8 Å². The van der Waals surface area contributed by atoms with Crippen LogP contribution in [0.3, 0.4) is 0 Å². The predicted molar refractivity (Wildman–Crippen MR) is 107 cm³/mol. The molecule has 0 bridgehead atoms. The van der Waals surface area contributed by atoms with Gasteiger partial charge in [-0.05, 0) is 6.42 Å². The molecule has 1 fully saturated rings. The number of thiazole rings is 1. The molecule has 0 aliphatic carbocycles. The fourth-order valence-corrected chi connectivity index (χ4v) is 4.42. The van der Waals surface area contributed by atoms with Crippen LogP contribution in [0.25, 0.3) is 4.96 Å². The number of nitrogens with one attached hydrogen (secondary N) is 1. The van der Waals surface area contributed by atoms with Gasteiger partial charge in [-0.25, -0.2) is 4.98 Å². The van der Waals surface area contributed by atoms with Crippen LogP contribution in [-0.4, -0.2) is 51.4 Å². The molecule has 0 aromatic carbocycles. The summed E-state index contributed by atoms with van der Waals surface area (Å²) in [6, 6.07) is 0. The minimum Gasteiger partial charge on any atom is -0.351 e. The Balaban J connectivity index is 0.00000176. The average Bonchev–Trinajstić information content (AvgIpc) is 3.09. The summed E-state index contributed by atoms with van der Waals surface area (Å²) in [6.07, 6.45) is 5.33. The molecule has 5 nitrogen and oxygen atoms in total. The standard InChI is InChI=1S/C14H21N5S2.HI/c1-3-12-10-18(4-6-20-12)13(15-2)16-8-11-9-19-5-7-21-14(19)17-11;/h5,7,9,12H,3-4,6,8,10H2,1-2H3,(H,15,16);1H. The molecule has 122 valence electrons. The van der Waals surface area contributed by atoms with Crippen molar-refractivity contribution in [1.82, 2.24) is 19.6 Å². The van der Waals surface area contributed by atoms with Crippen molar-refractivity contribution in [3.63, 3.8) is 0 Å². The van der Waals surface area contributed by atoms with Gasteiger partial charge in [0.1, 0.15) is 0 Å². The van der Waals surface area contributed by atoms with Crippen LogP contribution in [-0.2, 0) is 6.54 Å². The Bertz CT molecular complexity index is 595. The Hall–Kier alpha value is -0.480. The number of halogens is 1. The topological polar surface area (TPSA) is 44.9 Å². The lowest BCUT2D eigenvalue weighted by Gasteiger charge is -2.34. The number of rotatable bonds is 3. The summed E-state index contributed by atoms with van der Waals surface area (Å²) in [5.41, 5.74) is 1.06. The Morgan fingerprint density at radius 2 is 2.41 bits per heavy atom. The van der Waals surface area contributed by atoms with E-state index in [-0.39, 0.29) is 24.0 Å². The highest BCUT2D eigenvalue weighted by Gasteiger charge is 2.21. The molecule has 1 unspecified atom stereocenters. The number of fused-ring (bicyclic) bond motifs is 1. The number of imidazole rings is 1. The highest BCUT2D eigenvalue weighted by molar-refractivity contribution is 14.0. The maximum Gasteiger partial charge on any atom is 0.194 e. The summed E-state index contributed by atoms with van der Waals surface area (Å²) in [7, 11) is 1.86. The third-order valence-electron chi connectivity index (χ3n) is 3.68. The fraction of sp³-hybridized carbons (Fsp3) is 0.571. The smallest absolute Gasteiger partial charge is 0.194 e. The molecule has 1 saturated heterocycles. The Morgan fingerprint density at radius 3 is 3.14 bits per heavy atom. The van der Waals surface area contributed by atoms with E-state index in [9.17, 15) is 0 Å². The van der Waals surface area contributed by atoms with Gasteiger partial charge in [0.15, 0.2) is 10.9 Å². The number of aliphatic imine (C=N–C) groups is 1. The van der Waals surface area contributed by atoms with Crippen LogP contribution in [0.4, 0.5) is 0 Å². The Kier molecular flexibility index (Phi) is 6.82. The minimum absolute atomic E-state index is 0. The monoisotopic (exact) mass is 451 g/mol. The number of guanidine groups is 1.